The van der Waals surface area contributed by atoms with Crippen molar-refractivity contribution < 1.29 is 28.6 Å². The van der Waals surface area contributed by atoms with Gasteiger partial charge in [-0.15, -0.1) is 0 Å². The quantitative estimate of drug-likeness (QED) is 0.469. The highest BCUT2D eigenvalue weighted by Gasteiger charge is 2.25. The lowest BCUT2D eigenvalue weighted by Crippen LogP contribution is -2.41. The van der Waals surface area contributed by atoms with Crippen molar-refractivity contribution in [2.45, 2.75) is 26.4 Å². The summed E-state index contributed by atoms with van der Waals surface area (Å²) in [6.07, 6.45) is -0.774. The summed E-state index contributed by atoms with van der Waals surface area (Å²) in [5.41, 5.74) is -0.399. The lowest BCUT2D eigenvalue weighted by atomic mass is 10.2. The van der Waals surface area contributed by atoms with Gasteiger partial charge in [-0.05, 0) is 32.9 Å². The molecular formula is C16H21NO6. The van der Waals surface area contributed by atoms with Gasteiger partial charge in [0.1, 0.15) is 12.1 Å². The minimum Gasteiger partial charge on any atom is -0.468 e. The molecule has 0 fully saturated rings. The summed E-state index contributed by atoms with van der Waals surface area (Å²) < 4.78 is 14.7. The predicted octanol–water partition coefficient (Wildman–Crippen LogP) is 2.21. The van der Waals surface area contributed by atoms with Crippen molar-refractivity contribution in [2.24, 2.45) is 0 Å². The van der Waals surface area contributed by atoms with Gasteiger partial charge in [-0.25, -0.2) is 9.59 Å². The molecule has 0 atom stereocenters. The number of carbonyl (C=O) groups excluding carboxylic acids is 3. The number of hydrogen-bond donors (Lipinski definition) is 0. The van der Waals surface area contributed by atoms with Crippen LogP contribution in [0.2, 0.25) is 0 Å². The maximum absolute atomic E-state index is 12.1. The molecule has 1 rings (SSSR count). The number of esters is 2. The highest BCUT2D eigenvalue weighted by molar-refractivity contribution is 5.89. The largest absolute Gasteiger partial charge is 0.468 e. The van der Waals surface area contributed by atoms with E-state index in [9.17, 15) is 14.4 Å². The van der Waals surface area contributed by atoms with Crippen LogP contribution in [0.1, 0.15) is 31.1 Å². The molecule has 126 valence electrons. The Morgan fingerprint density at radius 3 is 2.22 bits per heavy atom. The molecule has 0 saturated carbocycles. The van der Waals surface area contributed by atoms with Gasteiger partial charge in [0.15, 0.2) is 6.73 Å². The molecule has 1 aromatic carbocycles. The number of rotatable bonds is 5. The maximum Gasteiger partial charge on any atom is 0.413 e. The fourth-order valence-electron chi connectivity index (χ4n) is 1.50. The molecule has 0 bridgehead atoms. The third-order valence-electron chi connectivity index (χ3n) is 2.56. The average Bonchev–Trinajstić information content (AvgIpc) is 2.49. The Morgan fingerprint density at radius 2 is 1.70 bits per heavy atom. The van der Waals surface area contributed by atoms with E-state index in [0.29, 0.717) is 5.56 Å². The lowest BCUT2D eigenvalue weighted by molar-refractivity contribution is -0.142. The summed E-state index contributed by atoms with van der Waals surface area (Å²) in [6, 6.07) is 8.31. The molecule has 0 spiro atoms. The molecule has 0 radical (unpaired) electrons. The molecule has 7 nitrogen and oxygen atoms in total. The number of hydrogen-bond acceptors (Lipinski definition) is 6. The van der Waals surface area contributed by atoms with E-state index in [4.69, 9.17) is 9.47 Å². The minimum atomic E-state index is -0.774. The van der Waals surface area contributed by atoms with Crippen LogP contribution in [-0.2, 0) is 19.0 Å². The molecule has 0 aliphatic rings. The van der Waals surface area contributed by atoms with E-state index < -0.39 is 30.4 Å². The van der Waals surface area contributed by atoms with E-state index >= 15 is 0 Å². The van der Waals surface area contributed by atoms with Crippen LogP contribution in [-0.4, -0.2) is 48.9 Å². The summed E-state index contributed by atoms with van der Waals surface area (Å²) in [5.74, 6) is -1.25. The molecular weight excluding hydrogens is 302 g/mol. The summed E-state index contributed by atoms with van der Waals surface area (Å²) >= 11 is 0. The Bertz CT molecular complexity index is 549. The fraction of sp³-hybridized carbons (Fsp3) is 0.438. The van der Waals surface area contributed by atoms with Gasteiger partial charge < -0.3 is 14.2 Å². The average molecular weight is 323 g/mol. The Hall–Kier alpha value is -2.57. The first-order valence-electron chi connectivity index (χ1n) is 7.00. The van der Waals surface area contributed by atoms with Crippen molar-refractivity contribution in [3.63, 3.8) is 0 Å². The van der Waals surface area contributed by atoms with Crippen LogP contribution in [0.4, 0.5) is 4.79 Å². The molecule has 1 aromatic rings. The van der Waals surface area contributed by atoms with Gasteiger partial charge in [0.25, 0.3) is 0 Å². The maximum atomic E-state index is 12.1. The molecule has 0 N–H and O–H groups in total. The van der Waals surface area contributed by atoms with E-state index in [1.807, 2.05) is 0 Å². The Morgan fingerprint density at radius 1 is 1.09 bits per heavy atom. The molecule has 0 aliphatic heterocycles. The molecule has 0 heterocycles. The van der Waals surface area contributed by atoms with Crippen molar-refractivity contribution >= 4 is 18.0 Å². The van der Waals surface area contributed by atoms with Gasteiger partial charge in [0.05, 0.1) is 12.7 Å². The van der Waals surface area contributed by atoms with Crippen LogP contribution in [0.25, 0.3) is 0 Å². The third-order valence-corrected chi connectivity index (χ3v) is 2.56. The van der Waals surface area contributed by atoms with E-state index in [1.54, 1.807) is 51.1 Å². The van der Waals surface area contributed by atoms with Gasteiger partial charge in [0, 0.05) is 0 Å². The second-order valence-electron chi connectivity index (χ2n) is 5.68. The second kappa shape index (κ2) is 8.17. The van der Waals surface area contributed by atoms with E-state index in [1.165, 1.54) is 7.11 Å². The second-order valence-corrected chi connectivity index (χ2v) is 5.68. The van der Waals surface area contributed by atoms with Gasteiger partial charge in [-0.3, -0.25) is 9.69 Å². The van der Waals surface area contributed by atoms with Crippen molar-refractivity contribution in [3.05, 3.63) is 35.9 Å². The first-order chi connectivity index (χ1) is 10.7. The molecule has 0 aromatic heterocycles. The Labute approximate surface area is 135 Å². The standard InChI is InChI=1S/C16H21NO6/c1-16(2,3)23-15(20)17(10-13(18)21-4)11-22-14(19)12-8-6-5-7-9-12/h5-9H,10-11H2,1-4H3. The lowest BCUT2D eigenvalue weighted by Gasteiger charge is -2.26. The monoisotopic (exact) mass is 323 g/mol. The fourth-order valence-corrected chi connectivity index (χ4v) is 1.50. The SMILES string of the molecule is COC(=O)CN(COC(=O)c1ccccc1)C(=O)OC(C)(C)C. The number of amides is 1. The summed E-state index contributed by atoms with van der Waals surface area (Å²) in [6.45, 7) is 4.27. The molecule has 0 aliphatic carbocycles. The van der Waals surface area contributed by atoms with Gasteiger partial charge >= 0.3 is 18.0 Å². The predicted molar refractivity (Wildman–Crippen MR) is 81.7 cm³/mol. The zero-order chi connectivity index (χ0) is 17.5. The molecule has 0 saturated heterocycles. The van der Waals surface area contributed by atoms with Crippen LogP contribution < -0.4 is 0 Å². The molecule has 1 amide bonds. The number of ether oxygens (including phenoxy) is 3. The van der Waals surface area contributed by atoms with E-state index in [0.717, 1.165) is 4.90 Å². The highest BCUT2D eigenvalue weighted by Crippen LogP contribution is 2.10. The third kappa shape index (κ3) is 6.82. The van der Waals surface area contributed by atoms with Crippen LogP contribution >= 0.6 is 0 Å². The topological polar surface area (TPSA) is 82.1 Å². The molecule has 0 unspecified atom stereocenters. The molecule has 7 heteroatoms. The molecule has 23 heavy (non-hydrogen) atoms. The number of carbonyl (C=O) groups is 3. The van der Waals surface area contributed by atoms with Gasteiger partial charge in [-0.2, -0.15) is 0 Å². The normalized spacial score (nSPS) is 10.6. The first-order valence-corrected chi connectivity index (χ1v) is 7.00. The van der Waals surface area contributed by atoms with Crippen molar-refractivity contribution in [1.29, 1.82) is 0 Å². The summed E-state index contributed by atoms with van der Waals surface area (Å²) in [4.78, 5) is 36.3. The zero-order valence-electron chi connectivity index (χ0n) is 13.7. The zero-order valence-corrected chi connectivity index (χ0v) is 13.7. The van der Waals surface area contributed by atoms with Gasteiger partial charge in [-0.1, -0.05) is 18.2 Å². The number of benzene rings is 1. The minimum absolute atomic E-state index is 0.342. The van der Waals surface area contributed by atoms with Gasteiger partial charge in [0.2, 0.25) is 0 Å². The van der Waals surface area contributed by atoms with E-state index in [-0.39, 0.29) is 6.54 Å². The first kappa shape index (κ1) is 18.5. The number of nitrogens with zero attached hydrogens (tertiary/aromatic N) is 1. The van der Waals surface area contributed by atoms with Crippen LogP contribution in [0.5, 0.6) is 0 Å². The highest BCUT2D eigenvalue weighted by atomic mass is 16.6. The summed E-state index contributed by atoms with van der Waals surface area (Å²) in [5, 5.41) is 0. The van der Waals surface area contributed by atoms with Crippen LogP contribution in [0.3, 0.4) is 0 Å². The smallest absolute Gasteiger partial charge is 0.413 e. The van der Waals surface area contributed by atoms with Crippen LogP contribution in [0.15, 0.2) is 30.3 Å². The van der Waals surface area contributed by atoms with Crippen molar-refractivity contribution in [2.75, 3.05) is 20.4 Å². The van der Waals surface area contributed by atoms with Crippen LogP contribution in [0, 0.1) is 0 Å². The Balaban J connectivity index is 2.71. The summed E-state index contributed by atoms with van der Waals surface area (Å²) in [7, 11) is 1.20. The van der Waals surface area contributed by atoms with Crippen molar-refractivity contribution in [3.8, 4) is 0 Å². The Kier molecular flexibility index (Phi) is 6.56. The number of methoxy groups -OCH3 is 1. The van der Waals surface area contributed by atoms with Crippen molar-refractivity contribution in [1.82, 2.24) is 4.90 Å². The van der Waals surface area contributed by atoms with E-state index in [2.05, 4.69) is 4.74 Å².